The van der Waals surface area contributed by atoms with E-state index in [1.54, 1.807) is 4.68 Å². The Hall–Kier alpha value is -1.56. The second-order valence-corrected chi connectivity index (χ2v) is 5.26. The molecular weight excluding hydrogens is 288 g/mol. The Morgan fingerprint density at radius 2 is 2.05 bits per heavy atom. The van der Waals surface area contributed by atoms with Crippen molar-refractivity contribution in [2.75, 3.05) is 6.61 Å². The minimum atomic E-state index is -0.0268. The Balaban J connectivity index is 2.19. The van der Waals surface area contributed by atoms with Gasteiger partial charge in [-0.1, -0.05) is 23.7 Å². The fraction of sp³-hybridized carbons (Fsp3) is 0.400. The number of hydrazine groups is 1. The molecule has 0 spiro atoms. The van der Waals surface area contributed by atoms with Gasteiger partial charge in [0, 0.05) is 12.6 Å². The quantitative estimate of drug-likeness (QED) is 0.636. The van der Waals surface area contributed by atoms with Crippen molar-refractivity contribution in [2.24, 2.45) is 12.9 Å². The fourth-order valence-corrected chi connectivity index (χ4v) is 2.60. The van der Waals surface area contributed by atoms with Gasteiger partial charge in [0.05, 0.1) is 18.3 Å². The van der Waals surface area contributed by atoms with Gasteiger partial charge in [-0.2, -0.15) is 5.10 Å². The van der Waals surface area contributed by atoms with E-state index < -0.39 is 0 Å². The smallest absolute Gasteiger partial charge is 0.130 e. The summed E-state index contributed by atoms with van der Waals surface area (Å²) in [4.78, 5) is 0. The second kappa shape index (κ2) is 6.93. The number of benzene rings is 1. The zero-order chi connectivity index (χ0) is 15.4. The molecule has 1 aromatic heterocycles. The molecule has 0 aliphatic rings. The highest BCUT2D eigenvalue weighted by molar-refractivity contribution is 6.30. The lowest BCUT2D eigenvalue weighted by Crippen LogP contribution is -2.29. The van der Waals surface area contributed by atoms with Gasteiger partial charge < -0.3 is 4.74 Å². The molecule has 0 amide bonds. The van der Waals surface area contributed by atoms with E-state index in [4.69, 9.17) is 22.2 Å². The molecule has 0 radical (unpaired) electrons. The third-order valence-electron chi connectivity index (χ3n) is 3.47. The molecule has 2 rings (SSSR count). The molecule has 3 N–H and O–H groups in total. The van der Waals surface area contributed by atoms with Crippen molar-refractivity contribution in [3.63, 3.8) is 0 Å². The van der Waals surface area contributed by atoms with Crippen LogP contribution in [0.15, 0.2) is 24.3 Å². The van der Waals surface area contributed by atoms with E-state index in [1.807, 2.05) is 45.2 Å². The van der Waals surface area contributed by atoms with Crippen molar-refractivity contribution in [3.05, 3.63) is 46.2 Å². The van der Waals surface area contributed by atoms with Crippen LogP contribution in [0.5, 0.6) is 5.75 Å². The molecule has 1 atom stereocenters. The minimum absolute atomic E-state index is 0.0268. The zero-order valence-corrected chi connectivity index (χ0v) is 13.3. The van der Waals surface area contributed by atoms with Crippen molar-refractivity contribution in [1.82, 2.24) is 15.2 Å². The van der Waals surface area contributed by atoms with Crippen molar-refractivity contribution in [2.45, 2.75) is 26.3 Å². The third kappa shape index (κ3) is 3.56. The summed E-state index contributed by atoms with van der Waals surface area (Å²) in [5, 5.41) is 4.98. The first-order chi connectivity index (χ1) is 10.1. The highest BCUT2D eigenvalue weighted by atomic mass is 35.5. The van der Waals surface area contributed by atoms with E-state index in [1.165, 1.54) is 0 Å². The zero-order valence-electron chi connectivity index (χ0n) is 12.6. The van der Waals surface area contributed by atoms with E-state index in [-0.39, 0.29) is 6.04 Å². The second-order valence-electron chi connectivity index (χ2n) is 4.90. The molecule has 1 unspecified atom stereocenters. The largest absolute Gasteiger partial charge is 0.494 e. The summed E-state index contributed by atoms with van der Waals surface area (Å²) in [5.74, 6) is 6.56. The third-order valence-corrected chi connectivity index (χ3v) is 3.95. The number of aromatic nitrogens is 2. The summed E-state index contributed by atoms with van der Waals surface area (Å²) in [5.41, 5.74) is 5.86. The fourth-order valence-electron chi connectivity index (χ4n) is 2.35. The first-order valence-corrected chi connectivity index (χ1v) is 7.31. The average Bonchev–Trinajstić information content (AvgIpc) is 2.72. The molecule has 21 heavy (non-hydrogen) atoms. The standard InChI is InChI=1S/C15H21ClN4O/c1-4-21-12-7-5-11(6-8-12)14(18-17)9-13-10(2)19-20(3)15(13)16/h5-8,14,18H,4,9,17H2,1-3H3. The van der Waals surface area contributed by atoms with Crippen molar-refractivity contribution in [1.29, 1.82) is 0 Å². The summed E-state index contributed by atoms with van der Waals surface area (Å²) in [7, 11) is 1.83. The molecule has 1 aromatic carbocycles. The number of hydrogen-bond acceptors (Lipinski definition) is 4. The van der Waals surface area contributed by atoms with Gasteiger partial charge in [-0.3, -0.25) is 16.0 Å². The van der Waals surface area contributed by atoms with Crippen LogP contribution < -0.4 is 16.0 Å². The van der Waals surface area contributed by atoms with Crippen LogP contribution in [0.3, 0.4) is 0 Å². The van der Waals surface area contributed by atoms with E-state index in [9.17, 15) is 0 Å². The summed E-state index contributed by atoms with van der Waals surface area (Å²) in [6.45, 7) is 4.57. The van der Waals surface area contributed by atoms with Crippen LogP contribution in [0.4, 0.5) is 0 Å². The molecule has 2 aromatic rings. The van der Waals surface area contributed by atoms with Crippen LogP contribution in [-0.2, 0) is 13.5 Å². The number of ether oxygens (including phenoxy) is 1. The SMILES string of the molecule is CCOc1ccc(C(Cc2c(C)nn(C)c2Cl)NN)cc1. The van der Waals surface area contributed by atoms with Gasteiger partial charge in [0.1, 0.15) is 10.9 Å². The van der Waals surface area contributed by atoms with Crippen LogP contribution in [-0.4, -0.2) is 16.4 Å². The molecule has 0 aliphatic carbocycles. The summed E-state index contributed by atoms with van der Waals surface area (Å²) >= 11 is 6.28. The lowest BCUT2D eigenvalue weighted by Gasteiger charge is -2.17. The van der Waals surface area contributed by atoms with Crippen LogP contribution in [0.1, 0.15) is 29.8 Å². The molecule has 1 heterocycles. The van der Waals surface area contributed by atoms with Gasteiger partial charge in [0.15, 0.2) is 0 Å². The van der Waals surface area contributed by atoms with Gasteiger partial charge in [-0.05, 0) is 38.0 Å². The summed E-state index contributed by atoms with van der Waals surface area (Å²) < 4.78 is 7.13. The number of halogens is 1. The maximum Gasteiger partial charge on any atom is 0.130 e. The predicted octanol–water partition coefficient (Wildman–Crippen LogP) is 2.53. The average molecular weight is 309 g/mol. The highest BCUT2D eigenvalue weighted by Gasteiger charge is 2.17. The van der Waals surface area contributed by atoms with Crippen molar-refractivity contribution in [3.8, 4) is 5.75 Å². The number of hydrogen-bond donors (Lipinski definition) is 2. The number of rotatable bonds is 6. The Kier molecular flexibility index (Phi) is 5.22. The monoisotopic (exact) mass is 308 g/mol. The van der Waals surface area contributed by atoms with E-state index in [0.717, 1.165) is 22.6 Å². The molecule has 114 valence electrons. The maximum absolute atomic E-state index is 6.28. The molecule has 0 saturated carbocycles. The normalized spacial score (nSPS) is 12.4. The van der Waals surface area contributed by atoms with E-state index in [2.05, 4.69) is 10.5 Å². The van der Waals surface area contributed by atoms with Crippen molar-refractivity contribution < 1.29 is 4.74 Å². The molecule has 0 aliphatic heterocycles. The topological polar surface area (TPSA) is 65.1 Å². The van der Waals surface area contributed by atoms with E-state index >= 15 is 0 Å². The number of nitrogens with zero attached hydrogens (tertiary/aromatic N) is 2. The predicted molar refractivity (Wildman–Crippen MR) is 84.3 cm³/mol. The van der Waals surface area contributed by atoms with Gasteiger partial charge in [0.2, 0.25) is 0 Å². The molecule has 0 saturated heterocycles. The van der Waals surface area contributed by atoms with E-state index in [0.29, 0.717) is 18.2 Å². The Morgan fingerprint density at radius 1 is 1.38 bits per heavy atom. The molecule has 0 fully saturated rings. The van der Waals surface area contributed by atoms with Crippen LogP contribution >= 0.6 is 11.6 Å². The molecule has 5 nitrogen and oxygen atoms in total. The Labute approximate surface area is 130 Å². The lowest BCUT2D eigenvalue weighted by molar-refractivity contribution is 0.340. The number of aryl methyl sites for hydroxylation is 2. The van der Waals surface area contributed by atoms with Crippen LogP contribution in [0.25, 0.3) is 0 Å². The molecular formula is C15H21ClN4O. The first-order valence-electron chi connectivity index (χ1n) is 6.93. The van der Waals surface area contributed by atoms with Gasteiger partial charge in [-0.15, -0.1) is 0 Å². The summed E-state index contributed by atoms with van der Waals surface area (Å²) in [6, 6.07) is 7.88. The minimum Gasteiger partial charge on any atom is -0.494 e. The molecule has 0 bridgehead atoms. The highest BCUT2D eigenvalue weighted by Crippen LogP contribution is 2.26. The Bertz CT molecular complexity index is 594. The van der Waals surface area contributed by atoms with Gasteiger partial charge >= 0.3 is 0 Å². The number of nitrogens with one attached hydrogen (secondary N) is 1. The van der Waals surface area contributed by atoms with Gasteiger partial charge in [0.25, 0.3) is 0 Å². The molecule has 6 heteroatoms. The van der Waals surface area contributed by atoms with Crippen LogP contribution in [0, 0.1) is 6.92 Å². The Morgan fingerprint density at radius 3 is 2.52 bits per heavy atom. The number of nitrogens with two attached hydrogens (primary N) is 1. The summed E-state index contributed by atoms with van der Waals surface area (Å²) in [6.07, 6.45) is 0.684. The van der Waals surface area contributed by atoms with Crippen LogP contribution in [0.2, 0.25) is 5.15 Å². The maximum atomic E-state index is 6.28. The van der Waals surface area contributed by atoms with Gasteiger partial charge in [-0.25, -0.2) is 0 Å². The lowest BCUT2D eigenvalue weighted by atomic mass is 10.00. The van der Waals surface area contributed by atoms with Crippen molar-refractivity contribution >= 4 is 11.6 Å². The first kappa shape index (κ1) is 15.8.